The molecule has 3 heterocycles. The second-order valence-electron chi connectivity index (χ2n) is 8.29. The average molecular weight is 431 g/mol. The molecule has 5 rings (SSSR count). The van der Waals surface area contributed by atoms with Gasteiger partial charge in [-0.2, -0.15) is 0 Å². The summed E-state index contributed by atoms with van der Waals surface area (Å²) in [5.74, 6) is 0.652. The van der Waals surface area contributed by atoms with Crippen molar-refractivity contribution in [3.8, 4) is 0 Å². The van der Waals surface area contributed by atoms with Gasteiger partial charge in [-0.1, -0.05) is 35.9 Å². The minimum Gasteiger partial charge on any atom is -0.383 e. The van der Waals surface area contributed by atoms with Gasteiger partial charge in [-0.25, -0.2) is 4.68 Å². The summed E-state index contributed by atoms with van der Waals surface area (Å²) < 4.78 is 6.99. The van der Waals surface area contributed by atoms with Gasteiger partial charge in [-0.3, -0.25) is 9.69 Å². The number of rotatable bonds is 6. The molecule has 0 bridgehead atoms. The quantitative estimate of drug-likeness (QED) is 0.506. The first-order valence-corrected chi connectivity index (χ1v) is 10.8. The Balaban J connectivity index is 1.64. The summed E-state index contributed by atoms with van der Waals surface area (Å²) in [6, 6.07) is 16.1. The minimum atomic E-state index is -0.371. The number of tetrazole rings is 1. The number of hydrogen-bond acceptors (Lipinski definition) is 6. The Morgan fingerprint density at radius 2 is 2.00 bits per heavy atom. The lowest BCUT2D eigenvalue weighted by Crippen LogP contribution is -2.38. The van der Waals surface area contributed by atoms with Crippen LogP contribution in [-0.2, 0) is 24.2 Å². The first-order valence-electron chi connectivity index (χ1n) is 10.8. The van der Waals surface area contributed by atoms with E-state index in [1.54, 1.807) is 11.8 Å². The fourth-order valence-corrected chi connectivity index (χ4v) is 4.53. The maximum atomic E-state index is 13.3. The summed E-state index contributed by atoms with van der Waals surface area (Å²) in [6.45, 7) is 4.59. The van der Waals surface area contributed by atoms with Crippen molar-refractivity contribution in [1.29, 1.82) is 0 Å². The third-order valence-corrected chi connectivity index (χ3v) is 6.16. The second kappa shape index (κ2) is 8.64. The van der Waals surface area contributed by atoms with E-state index in [1.165, 1.54) is 11.1 Å². The number of aromatic amines is 1. The van der Waals surface area contributed by atoms with Gasteiger partial charge in [0, 0.05) is 31.3 Å². The lowest BCUT2D eigenvalue weighted by Gasteiger charge is -2.34. The van der Waals surface area contributed by atoms with Crippen molar-refractivity contribution in [1.82, 2.24) is 30.1 Å². The molecule has 0 fully saturated rings. The molecule has 0 radical (unpaired) electrons. The summed E-state index contributed by atoms with van der Waals surface area (Å²) in [5, 5.41) is 13.5. The summed E-state index contributed by atoms with van der Waals surface area (Å²) in [6.07, 6.45) is 0.914. The number of pyridine rings is 1. The van der Waals surface area contributed by atoms with Crippen molar-refractivity contribution in [3.63, 3.8) is 0 Å². The lowest BCUT2D eigenvalue weighted by molar-refractivity contribution is 0.169. The zero-order valence-electron chi connectivity index (χ0n) is 18.3. The SMILES string of the molecule is COCCn1nnnc1C(c1cc2cc(C)ccc2[nH]c1=O)N1CCc2ccccc2C1. The zero-order valence-corrected chi connectivity index (χ0v) is 18.3. The van der Waals surface area contributed by atoms with E-state index in [0.717, 1.165) is 36.0 Å². The molecule has 0 spiro atoms. The molecule has 2 aromatic carbocycles. The molecular formula is C24H26N6O2. The van der Waals surface area contributed by atoms with E-state index in [0.29, 0.717) is 24.5 Å². The second-order valence-corrected chi connectivity index (χ2v) is 8.29. The largest absolute Gasteiger partial charge is 0.383 e. The van der Waals surface area contributed by atoms with Gasteiger partial charge >= 0.3 is 0 Å². The zero-order chi connectivity index (χ0) is 22.1. The van der Waals surface area contributed by atoms with Crippen molar-refractivity contribution in [2.24, 2.45) is 0 Å². The minimum absolute atomic E-state index is 0.119. The Kier molecular flexibility index (Phi) is 5.55. The van der Waals surface area contributed by atoms with Crippen LogP contribution in [0, 0.1) is 6.92 Å². The van der Waals surface area contributed by atoms with Gasteiger partial charge in [0.25, 0.3) is 5.56 Å². The molecule has 8 heteroatoms. The number of aryl methyl sites for hydroxylation is 1. The van der Waals surface area contributed by atoms with Crippen LogP contribution in [-0.4, -0.2) is 50.4 Å². The lowest BCUT2D eigenvalue weighted by atomic mass is 9.96. The predicted octanol–water partition coefficient (Wildman–Crippen LogP) is 2.62. The van der Waals surface area contributed by atoms with Crippen LogP contribution in [0.2, 0.25) is 0 Å². The van der Waals surface area contributed by atoms with Crippen molar-refractivity contribution >= 4 is 10.9 Å². The van der Waals surface area contributed by atoms with E-state index in [9.17, 15) is 4.79 Å². The standard InChI is InChI=1S/C24H26N6O2/c1-16-7-8-21-19(13-16)14-20(24(31)25-21)22(23-26-27-28-30(23)11-12-32-2)29-10-9-17-5-3-4-6-18(17)15-29/h3-8,13-14,22H,9-12,15H2,1-2H3,(H,25,31). The van der Waals surface area contributed by atoms with Gasteiger partial charge in [-0.05, 0) is 58.5 Å². The molecule has 1 atom stereocenters. The normalized spacial score (nSPS) is 15.1. The number of H-pyrrole nitrogens is 1. The maximum absolute atomic E-state index is 13.3. The molecule has 4 aromatic rings. The average Bonchev–Trinajstić information content (AvgIpc) is 3.26. The number of fused-ring (bicyclic) bond motifs is 2. The van der Waals surface area contributed by atoms with Crippen LogP contribution in [0.25, 0.3) is 10.9 Å². The monoisotopic (exact) mass is 430 g/mol. The fraction of sp³-hybridized carbons (Fsp3) is 0.333. The Morgan fingerprint density at radius 1 is 1.16 bits per heavy atom. The molecule has 164 valence electrons. The Bertz CT molecular complexity index is 1310. The molecule has 1 N–H and O–H groups in total. The Hall–Kier alpha value is -3.36. The molecule has 2 aromatic heterocycles. The number of benzene rings is 2. The first kappa shape index (κ1) is 20.5. The van der Waals surface area contributed by atoms with E-state index in [-0.39, 0.29) is 11.6 Å². The van der Waals surface area contributed by atoms with Crippen molar-refractivity contribution in [2.45, 2.75) is 32.5 Å². The summed E-state index contributed by atoms with van der Waals surface area (Å²) in [7, 11) is 1.65. The fourth-order valence-electron chi connectivity index (χ4n) is 4.53. The van der Waals surface area contributed by atoms with Crippen molar-refractivity contribution < 1.29 is 4.74 Å². The van der Waals surface area contributed by atoms with E-state index in [2.05, 4.69) is 62.7 Å². The van der Waals surface area contributed by atoms with Gasteiger partial charge in [0.05, 0.1) is 13.2 Å². The van der Waals surface area contributed by atoms with E-state index >= 15 is 0 Å². The van der Waals surface area contributed by atoms with E-state index < -0.39 is 0 Å². The number of aromatic nitrogens is 5. The number of nitrogens with zero attached hydrogens (tertiary/aromatic N) is 5. The Labute approximate surface area is 185 Å². The number of hydrogen-bond donors (Lipinski definition) is 1. The highest BCUT2D eigenvalue weighted by atomic mass is 16.5. The molecule has 1 aliphatic rings. The molecule has 8 nitrogen and oxygen atoms in total. The number of nitrogens with one attached hydrogen (secondary N) is 1. The summed E-state index contributed by atoms with van der Waals surface area (Å²) in [5.41, 5.74) is 5.12. The Morgan fingerprint density at radius 3 is 2.84 bits per heavy atom. The summed E-state index contributed by atoms with van der Waals surface area (Å²) >= 11 is 0. The number of ether oxygens (including phenoxy) is 1. The maximum Gasteiger partial charge on any atom is 0.253 e. The molecule has 1 unspecified atom stereocenters. The molecule has 0 saturated carbocycles. The van der Waals surface area contributed by atoms with Crippen molar-refractivity contribution in [2.75, 3.05) is 20.3 Å². The highest BCUT2D eigenvalue weighted by molar-refractivity contribution is 5.79. The van der Waals surface area contributed by atoms with Gasteiger partial charge in [0.2, 0.25) is 0 Å². The molecule has 0 aliphatic carbocycles. The van der Waals surface area contributed by atoms with Crippen LogP contribution < -0.4 is 5.56 Å². The summed E-state index contributed by atoms with van der Waals surface area (Å²) in [4.78, 5) is 18.6. The van der Waals surface area contributed by atoms with Crippen LogP contribution in [0.3, 0.4) is 0 Å². The molecular weight excluding hydrogens is 404 g/mol. The van der Waals surface area contributed by atoms with Crippen LogP contribution in [0.4, 0.5) is 0 Å². The van der Waals surface area contributed by atoms with Gasteiger partial charge < -0.3 is 9.72 Å². The molecule has 0 saturated heterocycles. The van der Waals surface area contributed by atoms with E-state index in [1.807, 2.05) is 18.2 Å². The van der Waals surface area contributed by atoms with Gasteiger partial charge in [0.15, 0.2) is 5.82 Å². The first-order chi connectivity index (χ1) is 15.6. The van der Waals surface area contributed by atoms with Crippen molar-refractivity contribution in [3.05, 3.63) is 87.0 Å². The highest BCUT2D eigenvalue weighted by Crippen LogP contribution is 2.31. The number of methoxy groups -OCH3 is 1. The van der Waals surface area contributed by atoms with Crippen LogP contribution in [0.15, 0.2) is 53.3 Å². The molecule has 1 aliphatic heterocycles. The third-order valence-electron chi connectivity index (χ3n) is 6.16. The third kappa shape index (κ3) is 3.83. The van der Waals surface area contributed by atoms with Gasteiger partial charge in [-0.15, -0.1) is 5.10 Å². The topological polar surface area (TPSA) is 88.9 Å². The van der Waals surface area contributed by atoms with Crippen LogP contribution in [0.1, 0.15) is 34.1 Å². The predicted molar refractivity (Wildman–Crippen MR) is 121 cm³/mol. The van der Waals surface area contributed by atoms with Crippen LogP contribution >= 0.6 is 0 Å². The molecule has 0 amide bonds. The molecule has 32 heavy (non-hydrogen) atoms. The van der Waals surface area contributed by atoms with Gasteiger partial charge in [0.1, 0.15) is 6.04 Å². The highest BCUT2D eigenvalue weighted by Gasteiger charge is 2.32. The van der Waals surface area contributed by atoms with Crippen LogP contribution in [0.5, 0.6) is 0 Å². The smallest absolute Gasteiger partial charge is 0.253 e. The van der Waals surface area contributed by atoms with E-state index in [4.69, 9.17) is 4.74 Å².